The summed E-state index contributed by atoms with van der Waals surface area (Å²) in [6.45, 7) is 6.86. The summed E-state index contributed by atoms with van der Waals surface area (Å²) >= 11 is 1.35. The number of hydrogen-bond acceptors (Lipinski definition) is 5. The van der Waals surface area contributed by atoms with Crippen LogP contribution in [-0.4, -0.2) is 61.1 Å². The van der Waals surface area contributed by atoms with E-state index in [1.54, 1.807) is 0 Å². The van der Waals surface area contributed by atoms with Gasteiger partial charge >= 0.3 is 0 Å². The zero-order valence-electron chi connectivity index (χ0n) is 13.6. The molecule has 5 nitrogen and oxygen atoms in total. The molecule has 1 aromatic rings. The van der Waals surface area contributed by atoms with E-state index in [0.29, 0.717) is 24.1 Å². The topological polar surface area (TPSA) is 59.4 Å². The molecule has 1 aromatic carbocycles. The first kappa shape index (κ1) is 17.6. The zero-order valence-corrected chi connectivity index (χ0v) is 14.4. The fourth-order valence-corrected chi connectivity index (χ4v) is 3.17. The Morgan fingerprint density at radius 3 is 2.65 bits per heavy atom. The van der Waals surface area contributed by atoms with Crippen molar-refractivity contribution in [2.24, 2.45) is 0 Å². The van der Waals surface area contributed by atoms with Gasteiger partial charge in [-0.3, -0.25) is 9.69 Å². The van der Waals surface area contributed by atoms with Crippen LogP contribution in [0, 0.1) is 11.3 Å². The van der Waals surface area contributed by atoms with Gasteiger partial charge in [-0.15, -0.1) is 11.8 Å². The number of rotatable bonds is 7. The molecule has 23 heavy (non-hydrogen) atoms. The van der Waals surface area contributed by atoms with Crippen LogP contribution < -0.4 is 10.2 Å². The predicted molar refractivity (Wildman–Crippen MR) is 95.6 cm³/mol. The summed E-state index contributed by atoms with van der Waals surface area (Å²) in [4.78, 5) is 16.5. The first-order chi connectivity index (χ1) is 11.2. The van der Waals surface area contributed by atoms with Crippen molar-refractivity contribution >= 4 is 23.4 Å². The van der Waals surface area contributed by atoms with Crippen molar-refractivity contribution in [3.8, 4) is 6.07 Å². The Kier molecular flexibility index (Phi) is 7.24. The Labute approximate surface area is 142 Å². The summed E-state index contributed by atoms with van der Waals surface area (Å²) in [6, 6.07) is 12.8. The van der Waals surface area contributed by atoms with Crippen LogP contribution in [0.4, 0.5) is 5.69 Å². The smallest absolute Gasteiger partial charge is 0.230 e. The van der Waals surface area contributed by atoms with E-state index in [4.69, 9.17) is 5.26 Å². The quantitative estimate of drug-likeness (QED) is 0.768. The molecule has 0 radical (unpaired) electrons. The number of nitrogens with zero attached hydrogens (tertiary/aromatic N) is 3. The molecule has 2 rings (SSSR count). The van der Waals surface area contributed by atoms with Gasteiger partial charge in [-0.25, -0.2) is 0 Å². The van der Waals surface area contributed by atoms with E-state index in [-0.39, 0.29) is 5.91 Å². The number of nitrogens with one attached hydrogen (secondary N) is 1. The van der Waals surface area contributed by atoms with Gasteiger partial charge in [0.25, 0.3) is 0 Å². The fourth-order valence-electron chi connectivity index (χ4n) is 2.69. The van der Waals surface area contributed by atoms with Gasteiger partial charge in [0, 0.05) is 44.5 Å². The molecule has 6 heteroatoms. The Bertz CT molecular complexity index is 523. The monoisotopic (exact) mass is 332 g/mol. The van der Waals surface area contributed by atoms with E-state index in [2.05, 4.69) is 46.3 Å². The molecule has 0 bridgehead atoms. The van der Waals surface area contributed by atoms with Gasteiger partial charge < -0.3 is 10.2 Å². The summed E-state index contributed by atoms with van der Waals surface area (Å²) in [6.07, 6.45) is 0. The second kappa shape index (κ2) is 9.43. The molecule has 0 unspecified atom stereocenters. The molecule has 1 aliphatic heterocycles. The standard InChI is InChI=1S/C17H24N4OS/c1-15(13-19-17(22)14-23-12-7-18)20-8-10-21(11-9-20)16-5-3-2-4-6-16/h2-6,15H,8-14H2,1H3,(H,19,22)/t15-/m1/s1. The molecule has 0 aliphatic carbocycles. The highest BCUT2D eigenvalue weighted by Crippen LogP contribution is 2.16. The second-order valence-corrected chi connectivity index (χ2v) is 6.65. The first-order valence-corrected chi connectivity index (χ1v) is 9.11. The van der Waals surface area contributed by atoms with E-state index >= 15 is 0 Å². The van der Waals surface area contributed by atoms with Crippen LogP contribution in [0.25, 0.3) is 0 Å². The normalized spacial score (nSPS) is 16.6. The van der Waals surface area contributed by atoms with Crippen molar-refractivity contribution in [2.45, 2.75) is 13.0 Å². The Morgan fingerprint density at radius 1 is 1.30 bits per heavy atom. The van der Waals surface area contributed by atoms with Crippen LogP contribution in [0.15, 0.2) is 30.3 Å². The van der Waals surface area contributed by atoms with Gasteiger partial charge in [-0.05, 0) is 19.1 Å². The van der Waals surface area contributed by atoms with Gasteiger partial charge in [0.1, 0.15) is 0 Å². The van der Waals surface area contributed by atoms with E-state index in [9.17, 15) is 4.79 Å². The van der Waals surface area contributed by atoms with Crippen molar-refractivity contribution in [2.75, 3.05) is 49.1 Å². The van der Waals surface area contributed by atoms with E-state index < -0.39 is 0 Å². The molecular weight excluding hydrogens is 308 g/mol. The zero-order chi connectivity index (χ0) is 16.5. The molecule has 1 amide bonds. The number of nitriles is 1. The molecule has 0 saturated carbocycles. The third kappa shape index (κ3) is 5.77. The van der Waals surface area contributed by atoms with Gasteiger partial charge in [0.05, 0.1) is 17.6 Å². The minimum Gasteiger partial charge on any atom is -0.369 e. The Morgan fingerprint density at radius 2 is 2.00 bits per heavy atom. The second-order valence-electron chi connectivity index (χ2n) is 5.66. The Hall–Kier alpha value is -1.71. The minimum atomic E-state index is 0.0139. The molecule has 0 aromatic heterocycles. The largest absolute Gasteiger partial charge is 0.369 e. The molecule has 1 atom stereocenters. The van der Waals surface area contributed by atoms with Crippen LogP contribution in [-0.2, 0) is 4.79 Å². The molecule has 1 aliphatic rings. The van der Waals surface area contributed by atoms with Crippen molar-refractivity contribution in [3.63, 3.8) is 0 Å². The molecule has 1 N–H and O–H groups in total. The predicted octanol–water partition coefficient (Wildman–Crippen LogP) is 1.57. The van der Waals surface area contributed by atoms with E-state index in [1.165, 1.54) is 17.4 Å². The van der Waals surface area contributed by atoms with Crippen LogP contribution in [0.5, 0.6) is 0 Å². The first-order valence-electron chi connectivity index (χ1n) is 7.96. The lowest BCUT2D eigenvalue weighted by atomic mass is 10.2. The maximum atomic E-state index is 11.7. The number of amides is 1. The van der Waals surface area contributed by atoms with Crippen molar-refractivity contribution in [1.29, 1.82) is 5.26 Å². The highest BCUT2D eigenvalue weighted by atomic mass is 32.2. The van der Waals surface area contributed by atoms with Crippen molar-refractivity contribution in [3.05, 3.63) is 30.3 Å². The maximum Gasteiger partial charge on any atom is 0.230 e. The average molecular weight is 332 g/mol. The van der Waals surface area contributed by atoms with Crippen LogP contribution in [0.1, 0.15) is 6.92 Å². The summed E-state index contributed by atoms with van der Waals surface area (Å²) in [5, 5.41) is 11.4. The maximum absolute atomic E-state index is 11.7. The number of thioether (sulfide) groups is 1. The molecular formula is C17H24N4OS. The number of carbonyl (C=O) groups is 1. The Balaban J connectivity index is 1.68. The van der Waals surface area contributed by atoms with Crippen LogP contribution in [0.3, 0.4) is 0 Å². The van der Waals surface area contributed by atoms with Crippen LogP contribution in [0.2, 0.25) is 0 Å². The third-order valence-electron chi connectivity index (χ3n) is 4.05. The number of para-hydroxylation sites is 1. The SMILES string of the molecule is C[C@H](CNC(=O)CSCC#N)N1CCN(c2ccccc2)CC1. The lowest BCUT2D eigenvalue weighted by Gasteiger charge is -2.39. The molecule has 124 valence electrons. The van der Waals surface area contributed by atoms with Crippen molar-refractivity contribution < 1.29 is 4.79 Å². The molecule has 1 heterocycles. The summed E-state index contributed by atoms with van der Waals surface area (Å²) in [5.74, 6) is 0.743. The number of piperazine rings is 1. The molecule has 0 spiro atoms. The van der Waals surface area contributed by atoms with Crippen LogP contribution >= 0.6 is 11.8 Å². The minimum absolute atomic E-state index is 0.0139. The van der Waals surface area contributed by atoms with Gasteiger partial charge in [-0.1, -0.05) is 18.2 Å². The number of carbonyl (C=O) groups excluding carboxylic acids is 1. The molecule has 1 saturated heterocycles. The fraction of sp³-hybridized carbons (Fsp3) is 0.529. The summed E-state index contributed by atoms with van der Waals surface area (Å²) < 4.78 is 0. The highest BCUT2D eigenvalue weighted by Gasteiger charge is 2.21. The number of benzene rings is 1. The lowest BCUT2D eigenvalue weighted by Crippen LogP contribution is -2.52. The number of anilines is 1. The van der Waals surface area contributed by atoms with Gasteiger partial charge in [0.15, 0.2) is 0 Å². The lowest BCUT2D eigenvalue weighted by molar-refractivity contribution is -0.118. The number of hydrogen-bond donors (Lipinski definition) is 1. The summed E-state index contributed by atoms with van der Waals surface area (Å²) in [5.41, 5.74) is 1.28. The average Bonchev–Trinajstić information content (AvgIpc) is 2.61. The van der Waals surface area contributed by atoms with Gasteiger partial charge in [0.2, 0.25) is 5.91 Å². The third-order valence-corrected chi connectivity index (χ3v) is 4.85. The van der Waals surface area contributed by atoms with E-state index in [1.807, 2.05) is 12.1 Å². The summed E-state index contributed by atoms with van der Waals surface area (Å²) in [7, 11) is 0. The molecule has 1 fully saturated rings. The van der Waals surface area contributed by atoms with Crippen molar-refractivity contribution in [1.82, 2.24) is 10.2 Å². The highest BCUT2D eigenvalue weighted by molar-refractivity contribution is 8.00. The van der Waals surface area contributed by atoms with Gasteiger partial charge in [-0.2, -0.15) is 5.26 Å². The van der Waals surface area contributed by atoms with E-state index in [0.717, 1.165) is 26.2 Å².